The van der Waals surface area contributed by atoms with Crippen LogP contribution in [0.4, 0.5) is 0 Å². The van der Waals surface area contributed by atoms with Crippen molar-refractivity contribution in [1.29, 1.82) is 0 Å². The lowest BCUT2D eigenvalue weighted by molar-refractivity contribution is 0.297. The fourth-order valence-electron chi connectivity index (χ4n) is 2.41. The molecule has 0 aromatic heterocycles. The molecule has 2 nitrogen and oxygen atoms in total. The molecular weight excluding hydrogens is 270 g/mol. The second kappa shape index (κ2) is 8.01. The van der Waals surface area contributed by atoms with Crippen LogP contribution in [-0.2, 0) is 10.8 Å². The molecule has 1 aromatic carbocycles. The van der Waals surface area contributed by atoms with Crippen LogP contribution in [0.15, 0.2) is 18.2 Å². The Bertz CT molecular complexity index is 463. The van der Waals surface area contributed by atoms with Crippen molar-refractivity contribution >= 4 is 0 Å². The van der Waals surface area contributed by atoms with Crippen molar-refractivity contribution < 1.29 is 4.74 Å². The SMILES string of the molecule is CCC(C)(C)c1ccc(OCCCC[NH])c(C(C)(C)CC)c1. The predicted octanol–water partition coefficient (Wildman–Crippen LogP) is 5.50. The molecule has 0 aliphatic heterocycles. The Kier molecular flexibility index (Phi) is 6.93. The predicted molar refractivity (Wildman–Crippen MR) is 95.8 cm³/mol. The lowest BCUT2D eigenvalue weighted by Crippen LogP contribution is -2.21. The van der Waals surface area contributed by atoms with Crippen LogP contribution in [0, 0.1) is 0 Å². The summed E-state index contributed by atoms with van der Waals surface area (Å²) in [7, 11) is 0. The zero-order valence-electron chi connectivity index (χ0n) is 15.4. The summed E-state index contributed by atoms with van der Waals surface area (Å²) < 4.78 is 6.05. The minimum absolute atomic E-state index is 0.116. The third-order valence-electron chi connectivity index (χ3n) is 5.09. The fraction of sp³-hybridized carbons (Fsp3) is 0.700. The average molecular weight is 304 g/mol. The minimum Gasteiger partial charge on any atom is -0.493 e. The van der Waals surface area contributed by atoms with E-state index in [-0.39, 0.29) is 10.8 Å². The van der Waals surface area contributed by atoms with Gasteiger partial charge in [-0.2, -0.15) is 0 Å². The molecule has 1 rings (SSSR count). The summed E-state index contributed by atoms with van der Waals surface area (Å²) in [6.45, 7) is 14.9. The van der Waals surface area contributed by atoms with Gasteiger partial charge in [0.15, 0.2) is 0 Å². The van der Waals surface area contributed by atoms with Gasteiger partial charge in [0.1, 0.15) is 5.75 Å². The van der Waals surface area contributed by atoms with Crippen LogP contribution in [0.5, 0.6) is 5.75 Å². The summed E-state index contributed by atoms with van der Waals surface area (Å²) in [4.78, 5) is 0. The second-order valence-electron chi connectivity index (χ2n) is 7.49. The molecule has 1 N–H and O–H groups in total. The van der Waals surface area contributed by atoms with Gasteiger partial charge in [0.05, 0.1) is 6.61 Å². The summed E-state index contributed by atoms with van der Waals surface area (Å²) in [5, 5.41) is 0. The van der Waals surface area contributed by atoms with Crippen LogP contribution >= 0.6 is 0 Å². The van der Waals surface area contributed by atoms with E-state index >= 15 is 0 Å². The Labute approximate surface area is 137 Å². The Hall–Kier alpha value is -1.02. The highest BCUT2D eigenvalue weighted by molar-refractivity contribution is 5.44. The van der Waals surface area contributed by atoms with Crippen LogP contribution in [0.25, 0.3) is 0 Å². The van der Waals surface area contributed by atoms with E-state index in [0.717, 1.165) is 31.4 Å². The van der Waals surface area contributed by atoms with Crippen molar-refractivity contribution in [3.05, 3.63) is 29.3 Å². The van der Waals surface area contributed by atoms with Gasteiger partial charge < -0.3 is 4.74 Å². The number of hydrogen-bond donors (Lipinski definition) is 0. The van der Waals surface area contributed by atoms with E-state index in [4.69, 9.17) is 10.5 Å². The zero-order valence-corrected chi connectivity index (χ0v) is 15.4. The van der Waals surface area contributed by atoms with Gasteiger partial charge in [-0.15, -0.1) is 0 Å². The maximum Gasteiger partial charge on any atom is 0.123 e. The van der Waals surface area contributed by atoms with Crippen LogP contribution in [-0.4, -0.2) is 13.2 Å². The first-order valence-electron chi connectivity index (χ1n) is 8.71. The van der Waals surface area contributed by atoms with Gasteiger partial charge >= 0.3 is 0 Å². The lowest BCUT2D eigenvalue weighted by Gasteiger charge is -2.30. The maximum atomic E-state index is 7.22. The van der Waals surface area contributed by atoms with Crippen LogP contribution in [0.2, 0.25) is 0 Å². The Morgan fingerprint density at radius 3 is 2.14 bits per heavy atom. The zero-order chi connectivity index (χ0) is 16.8. The number of benzene rings is 1. The molecule has 22 heavy (non-hydrogen) atoms. The van der Waals surface area contributed by atoms with Crippen LogP contribution in [0.3, 0.4) is 0 Å². The molecule has 0 unspecified atom stereocenters. The molecule has 2 heteroatoms. The quantitative estimate of drug-likeness (QED) is 0.554. The summed E-state index contributed by atoms with van der Waals surface area (Å²) in [6.07, 6.45) is 4.08. The van der Waals surface area contributed by atoms with E-state index in [0.29, 0.717) is 13.2 Å². The van der Waals surface area contributed by atoms with Gasteiger partial charge in [0, 0.05) is 12.1 Å². The number of unbranched alkanes of at least 4 members (excludes halogenated alkanes) is 1. The van der Waals surface area contributed by atoms with Gasteiger partial charge in [-0.25, -0.2) is 0 Å². The third kappa shape index (κ3) is 4.74. The number of nitrogens with one attached hydrogen (secondary N) is 1. The molecule has 1 aromatic rings. The number of rotatable bonds is 9. The highest BCUT2D eigenvalue weighted by atomic mass is 16.5. The molecule has 0 spiro atoms. The standard InChI is InChI=1S/C20H34NO/c1-7-19(3,4)16-11-12-18(22-14-10-9-13-21)17(15-16)20(5,6)8-2/h11-12,15,21H,7-10,13-14H2,1-6H3. The smallest absolute Gasteiger partial charge is 0.123 e. The fourth-order valence-corrected chi connectivity index (χ4v) is 2.41. The molecule has 125 valence electrons. The van der Waals surface area contributed by atoms with Crippen LogP contribution in [0.1, 0.15) is 78.4 Å². The highest BCUT2D eigenvalue weighted by Crippen LogP contribution is 2.38. The molecule has 0 fully saturated rings. The van der Waals surface area contributed by atoms with Gasteiger partial charge in [-0.1, -0.05) is 53.7 Å². The van der Waals surface area contributed by atoms with E-state index in [1.54, 1.807) is 0 Å². The number of hydrogen-bond acceptors (Lipinski definition) is 1. The molecule has 0 amide bonds. The largest absolute Gasteiger partial charge is 0.493 e. The molecule has 0 aliphatic carbocycles. The van der Waals surface area contributed by atoms with Crippen molar-refractivity contribution in [3.8, 4) is 5.75 Å². The van der Waals surface area contributed by atoms with Crippen molar-refractivity contribution in [3.63, 3.8) is 0 Å². The van der Waals surface area contributed by atoms with E-state index in [2.05, 4.69) is 59.7 Å². The summed E-state index contributed by atoms with van der Waals surface area (Å²) in [5.74, 6) is 1.02. The first kappa shape index (κ1) is 19.0. The third-order valence-corrected chi connectivity index (χ3v) is 5.09. The van der Waals surface area contributed by atoms with Crippen molar-refractivity contribution in [2.75, 3.05) is 13.2 Å². The molecular formula is C20H34NO. The maximum absolute atomic E-state index is 7.22. The molecule has 1 radical (unpaired) electrons. The number of ether oxygens (including phenoxy) is 1. The molecule has 0 bridgehead atoms. The first-order valence-corrected chi connectivity index (χ1v) is 8.71. The normalized spacial score (nSPS) is 12.5. The Morgan fingerprint density at radius 2 is 1.59 bits per heavy atom. The summed E-state index contributed by atoms with van der Waals surface area (Å²) in [6, 6.07) is 6.73. The minimum atomic E-state index is 0.116. The van der Waals surface area contributed by atoms with E-state index < -0.39 is 0 Å². The average Bonchev–Trinajstić information content (AvgIpc) is 2.51. The first-order chi connectivity index (χ1) is 10.3. The van der Waals surface area contributed by atoms with Gasteiger partial charge in [-0.3, -0.25) is 5.73 Å². The summed E-state index contributed by atoms with van der Waals surface area (Å²) >= 11 is 0. The van der Waals surface area contributed by atoms with Gasteiger partial charge in [0.2, 0.25) is 0 Å². The molecule has 0 heterocycles. The molecule has 0 aliphatic rings. The van der Waals surface area contributed by atoms with Gasteiger partial charge in [0.25, 0.3) is 0 Å². The van der Waals surface area contributed by atoms with Crippen molar-refractivity contribution in [2.45, 2.75) is 78.1 Å². The van der Waals surface area contributed by atoms with E-state index in [9.17, 15) is 0 Å². The topological polar surface area (TPSA) is 33.0 Å². The van der Waals surface area contributed by atoms with Gasteiger partial charge in [-0.05, 0) is 48.1 Å². The van der Waals surface area contributed by atoms with Crippen LogP contribution < -0.4 is 10.5 Å². The Morgan fingerprint density at radius 1 is 0.955 bits per heavy atom. The monoisotopic (exact) mass is 304 g/mol. The highest BCUT2D eigenvalue weighted by Gasteiger charge is 2.26. The van der Waals surface area contributed by atoms with E-state index in [1.807, 2.05) is 0 Å². The summed E-state index contributed by atoms with van der Waals surface area (Å²) in [5.41, 5.74) is 10.2. The van der Waals surface area contributed by atoms with Crippen molar-refractivity contribution in [1.82, 2.24) is 5.73 Å². The lowest BCUT2D eigenvalue weighted by atomic mass is 9.76. The molecule has 0 saturated heterocycles. The van der Waals surface area contributed by atoms with E-state index in [1.165, 1.54) is 11.1 Å². The Balaban J connectivity index is 3.11. The van der Waals surface area contributed by atoms with Crippen molar-refractivity contribution in [2.24, 2.45) is 0 Å². The second-order valence-corrected chi connectivity index (χ2v) is 7.49. The molecule has 0 atom stereocenters. The molecule has 0 saturated carbocycles.